The third-order valence-corrected chi connectivity index (χ3v) is 5.14. The average molecular weight is 304 g/mol. The predicted octanol–water partition coefficient (Wildman–Crippen LogP) is 0.680. The first kappa shape index (κ1) is 14.1. The summed E-state index contributed by atoms with van der Waals surface area (Å²) >= 11 is 5.96. The number of amides is 1. The molecule has 1 amide bonds. The van der Waals surface area contributed by atoms with Gasteiger partial charge in [0.2, 0.25) is 5.91 Å². The number of sulfone groups is 1. The summed E-state index contributed by atoms with van der Waals surface area (Å²) in [6.45, 7) is 0.488. The van der Waals surface area contributed by atoms with E-state index in [9.17, 15) is 13.2 Å². The highest BCUT2D eigenvalue weighted by molar-refractivity contribution is 7.91. The third-order valence-electron chi connectivity index (χ3n) is 3.01. The van der Waals surface area contributed by atoms with Crippen LogP contribution in [-0.2, 0) is 9.84 Å². The van der Waals surface area contributed by atoms with Crippen molar-refractivity contribution in [2.45, 2.75) is 6.42 Å². The molecule has 0 bridgehead atoms. The first-order valence-corrected chi connectivity index (χ1v) is 7.97. The number of primary amides is 1. The van der Waals surface area contributed by atoms with Crippen molar-refractivity contribution in [2.75, 3.05) is 23.4 Å². The maximum atomic E-state index is 11.3. The summed E-state index contributed by atoms with van der Waals surface area (Å²) in [5, 5.41) is 3.29. The van der Waals surface area contributed by atoms with E-state index >= 15 is 0 Å². The van der Waals surface area contributed by atoms with E-state index in [0.29, 0.717) is 18.8 Å². The van der Waals surface area contributed by atoms with Crippen LogP contribution in [0.4, 0.5) is 5.82 Å². The highest BCUT2D eigenvalue weighted by Crippen LogP contribution is 2.23. The highest BCUT2D eigenvalue weighted by Gasteiger charge is 2.27. The van der Waals surface area contributed by atoms with E-state index in [1.807, 2.05) is 0 Å². The number of carbonyl (C=O) groups is 1. The molecule has 1 fully saturated rings. The van der Waals surface area contributed by atoms with Crippen LogP contribution in [0.5, 0.6) is 0 Å². The second kappa shape index (κ2) is 5.34. The second-order valence-electron chi connectivity index (χ2n) is 4.57. The first-order valence-electron chi connectivity index (χ1n) is 5.77. The second-order valence-corrected chi connectivity index (χ2v) is 7.20. The Hall–Kier alpha value is -1.34. The van der Waals surface area contributed by atoms with Gasteiger partial charge >= 0.3 is 0 Å². The molecule has 8 heteroatoms. The number of carbonyl (C=O) groups excluding carboxylic acids is 1. The minimum Gasteiger partial charge on any atom is -0.369 e. The molecule has 1 aromatic heterocycles. The van der Waals surface area contributed by atoms with E-state index < -0.39 is 15.7 Å². The number of pyridine rings is 1. The van der Waals surface area contributed by atoms with E-state index in [2.05, 4.69) is 10.3 Å². The van der Waals surface area contributed by atoms with Gasteiger partial charge in [-0.3, -0.25) is 4.79 Å². The number of rotatable bonds is 4. The molecule has 0 aliphatic carbocycles. The average Bonchev–Trinajstić information content (AvgIpc) is 2.67. The van der Waals surface area contributed by atoms with Gasteiger partial charge in [-0.15, -0.1) is 0 Å². The van der Waals surface area contributed by atoms with E-state index in [-0.39, 0.29) is 28.0 Å². The van der Waals surface area contributed by atoms with Gasteiger partial charge in [0.25, 0.3) is 0 Å². The number of nitrogens with one attached hydrogen (secondary N) is 1. The molecule has 0 saturated carbocycles. The summed E-state index contributed by atoms with van der Waals surface area (Å²) in [5.41, 5.74) is 5.35. The molecule has 0 radical (unpaired) electrons. The summed E-state index contributed by atoms with van der Waals surface area (Å²) in [4.78, 5) is 14.9. The summed E-state index contributed by atoms with van der Waals surface area (Å²) in [5.74, 6) is 0.329. The maximum absolute atomic E-state index is 11.3. The largest absolute Gasteiger partial charge is 0.369 e. The molecular weight excluding hydrogens is 290 g/mol. The Morgan fingerprint density at radius 3 is 2.84 bits per heavy atom. The van der Waals surface area contributed by atoms with E-state index in [4.69, 9.17) is 17.3 Å². The number of anilines is 1. The van der Waals surface area contributed by atoms with Gasteiger partial charge in [0, 0.05) is 12.7 Å². The van der Waals surface area contributed by atoms with Gasteiger partial charge in [0.15, 0.2) is 9.84 Å². The molecule has 0 aromatic carbocycles. The molecule has 3 N–H and O–H groups in total. The van der Waals surface area contributed by atoms with Gasteiger partial charge in [-0.05, 0) is 18.4 Å². The maximum Gasteiger partial charge on any atom is 0.250 e. The fraction of sp³-hybridized carbons (Fsp3) is 0.455. The number of hydrogen-bond acceptors (Lipinski definition) is 5. The van der Waals surface area contributed by atoms with Gasteiger partial charge in [-0.1, -0.05) is 11.6 Å². The van der Waals surface area contributed by atoms with Crippen molar-refractivity contribution in [1.82, 2.24) is 4.98 Å². The lowest BCUT2D eigenvalue weighted by Gasteiger charge is -2.11. The van der Waals surface area contributed by atoms with Crippen LogP contribution in [0.15, 0.2) is 12.3 Å². The minimum absolute atomic E-state index is 0.0682. The van der Waals surface area contributed by atoms with Crippen molar-refractivity contribution >= 4 is 33.2 Å². The minimum atomic E-state index is -2.88. The van der Waals surface area contributed by atoms with Crippen LogP contribution in [0.25, 0.3) is 0 Å². The lowest BCUT2D eigenvalue weighted by Crippen LogP contribution is -2.17. The van der Waals surface area contributed by atoms with Crippen molar-refractivity contribution in [1.29, 1.82) is 0 Å². The van der Waals surface area contributed by atoms with Crippen molar-refractivity contribution in [2.24, 2.45) is 11.7 Å². The molecule has 104 valence electrons. The molecule has 2 heterocycles. The Morgan fingerprint density at radius 2 is 2.32 bits per heavy atom. The van der Waals surface area contributed by atoms with Crippen LogP contribution in [0.2, 0.25) is 5.02 Å². The van der Waals surface area contributed by atoms with Gasteiger partial charge in [-0.2, -0.15) is 0 Å². The smallest absolute Gasteiger partial charge is 0.250 e. The molecule has 1 saturated heterocycles. The van der Waals surface area contributed by atoms with Crippen molar-refractivity contribution in [3.63, 3.8) is 0 Å². The molecule has 1 unspecified atom stereocenters. The monoisotopic (exact) mass is 303 g/mol. The Labute approximate surface area is 116 Å². The third kappa shape index (κ3) is 3.57. The van der Waals surface area contributed by atoms with Crippen LogP contribution in [0.3, 0.4) is 0 Å². The van der Waals surface area contributed by atoms with Gasteiger partial charge in [-0.25, -0.2) is 13.4 Å². The van der Waals surface area contributed by atoms with Crippen molar-refractivity contribution < 1.29 is 13.2 Å². The van der Waals surface area contributed by atoms with Crippen LogP contribution >= 0.6 is 11.6 Å². The summed E-state index contributed by atoms with van der Waals surface area (Å²) in [6.07, 6.45) is 1.98. The van der Waals surface area contributed by atoms with Gasteiger partial charge < -0.3 is 11.1 Å². The molecule has 6 nitrogen and oxygen atoms in total. The first-order chi connectivity index (χ1) is 8.87. The molecule has 1 aliphatic heterocycles. The van der Waals surface area contributed by atoms with Crippen molar-refractivity contribution in [3.05, 3.63) is 22.8 Å². The fourth-order valence-corrected chi connectivity index (χ4v) is 4.07. The van der Waals surface area contributed by atoms with Crippen LogP contribution in [-0.4, -0.2) is 37.4 Å². The van der Waals surface area contributed by atoms with E-state index in [1.165, 1.54) is 12.3 Å². The van der Waals surface area contributed by atoms with Crippen LogP contribution in [0.1, 0.15) is 16.8 Å². The topological polar surface area (TPSA) is 102 Å². The zero-order chi connectivity index (χ0) is 14.0. The lowest BCUT2D eigenvalue weighted by atomic mass is 10.1. The van der Waals surface area contributed by atoms with Gasteiger partial charge in [0.05, 0.1) is 22.1 Å². The highest BCUT2D eigenvalue weighted by atomic mass is 35.5. The Bertz CT molecular complexity index is 603. The standard InChI is InChI=1S/C11H14ClN3O3S/c12-9-3-8(10(13)16)5-15-11(9)14-4-7-1-2-19(17,18)6-7/h3,5,7H,1-2,4,6H2,(H2,13,16)(H,14,15). The zero-order valence-electron chi connectivity index (χ0n) is 10.1. The number of hydrogen-bond donors (Lipinski definition) is 2. The van der Waals surface area contributed by atoms with Crippen LogP contribution < -0.4 is 11.1 Å². The van der Waals surface area contributed by atoms with E-state index in [0.717, 1.165) is 0 Å². The molecule has 1 aromatic rings. The van der Waals surface area contributed by atoms with Gasteiger partial charge in [0.1, 0.15) is 5.82 Å². The molecule has 0 spiro atoms. The number of nitrogens with two attached hydrogens (primary N) is 1. The van der Waals surface area contributed by atoms with E-state index in [1.54, 1.807) is 0 Å². The normalized spacial score (nSPS) is 21.2. The predicted molar refractivity (Wildman–Crippen MR) is 73.0 cm³/mol. The number of halogens is 1. The summed E-state index contributed by atoms with van der Waals surface area (Å²) in [7, 11) is -2.88. The lowest BCUT2D eigenvalue weighted by molar-refractivity contribution is 0.1000. The Kier molecular flexibility index (Phi) is 3.96. The molecular formula is C11H14ClN3O3S. The summed E-state index contributed by atoms with van der Waals surface area (Å²) in [6, 6.07) is 1.44. The molecule has 1 atom stereocenters. The zero-order valence-corrected chi connectivity index (χ0v) is 11.7. The molecule has 2 rings (SSSR count). The fourth-order valence-electron chi connectivity index (χ4n) is 1.98. The number of nitrogens with zero attached hydrogens (tertiary/aromatic N) is 1. The Balaban J connectivity index is 1.99. The van der Waals surface area contributed by atoms with Crippen molar-refractivity contribution in [3.8, 4) is 0 Å². The van der Waals surface area contributed by atoms with Crippen LogP contribution in [0, 0.1) is 5.92 Å². The molecule has 1 aliphatic rings. The SMILES string of the molecule is NC(=O)c1cnc(NCC2CCS(=O)(=O)C2)c(Cl)c1. The molecule has 19 heavy (non-hydrogen) atoms. The number of aromatic nitrogens is 1. The summed E-state index contributed by atoms with van der Waals surface area (Å²) < 4.78 is 22.6. The Morgan fingerprint density at radius 1 is 1.58 bits per heavy atom. The quantitative estimate of drug-likeness (QED) is 0.851.